The smallest absolute Gasteiger partial charge is 0.322 e. The summed E-state index contributed by atoms with van der Waals surface area (Å²) in [5.74, 6) is -1.21. The Morgan fingerprint density at radius 1 is 1.45 bits per heavy atom. The number of benzene rings is 1. The van der Waals surface area contributed by atoms with Crippen LogP contribution in [0.4, 0.5) is 5.69 Å². The van der Waals surface area contributed by atoms with Crippen molar-refractivity contribution >= 4 is 38.9 Å². The molecule has 0 spiro atoms. The van der Waals surface area contributed by atoms with Crippen molar-refractivity contribution in [2.24, 2.45) is 5.73 Å². The van der Waals surface area contributed by atoms with Crippen LogP contribution in [0.25, 0.3) is 0 Å². The van der Waals surface area contributed by atoms with Crippen molar-refractivity contribution < 1.29 is 22.7 Å². The molecular weight excluding hydrogens is 304 g/mol. The molecule has 0 saturated carbocycles. The fourth-order valence-corrected chi connectivity index (χ4v) is 2.28. The number of nitrogens with two attached hydrogens (primary N) is 1. The van der Waals surface area contributed by atoms with E-state index in [1.54, 1.807) is 12.1 Å². The summed E-state index contributed by atoms with van der Waals surface area (Å²) in [7, 11) is -2.71. The predicted molar refractivity (Wildman–Crippen MR) is 78.1 cm³/mol. The van der Waals surface area contributed by atoms with Gasteiger partial charge in [-0.3, -0.25) is 9.52 Å². The van der Waals surface area contributed by atoms with Gasteiger partial charge in [-0.1, -0.05) is 18.3 Å². The van der Waals surface area contributed by atoms with Crippen LogP contribution >= 0.6 is 12.2 Å². The molecule has 0 heterocycles. The van der Waals surface area contributed by atoms with Crippen LogP contribution in [-0.4, -0.2) is 38.8 Å². The molecule has 7 nitrogen and oxygen atoms in total. The molecule has 0 aliphatic rings. The lowest BCUT2D eigenvalue weighted by atomic mass is 10.3. The van der Waals surface area contributed by atoms with Crippen LogP contribution in [0, 0.1) is 0 Å². The number of methoxy groups -OCH3 is 1. The first-order chi connectivity index (χ1) is 9.32. The minimum absolute atomic E-state index is 0.0493. The van der Waals surface area contributed by atoms with Gasteiger partial charge in [0, 0.05) is 6.07 Å². The minimum atomic E-state index is -3.82. The summed E-state index contributed by atoms with van der Waals surface area (Å²) in [6.07, 6.45) is 0. The van der Waals surface area contributed by atoms with Gasteiger partial charge in [0.05, 0.1) is 12.8 Å². The van der Waals surface area contributed by atoms with E-state index < -0.39 is 21.7 Å². The Morgan fingerprint density at radius 3 is 2.75 bits per heavy atom. The second-order valence-corrected chi connectivity index (χ2v) is 5.97. The number of hydrogen-bond donors (Lipinski definition) is 2. The summed E-state index contributed by atoms with van der Waals surface area (Å²) in [4.78, 5) is 11.1. The summed E-state index contributed by atoms with van der Waals surface area (Å²) < 4.78 is 35.1. The number of anilines is 1. The maximum atomic E-state index is 11.7. The van der Waals surface area contributed by atoms with Gasteiger partial charge in [0.2, 0.25) is 10.0 Å². The van der Waals surface area contributed by atoms with Crippen molar-refractivity contribution in [1.29, 1.82) is 0 Å². The second kappa shape index (κ2) is 7.06. The summed E-state index contributed by atoms with van der Waals surface area (Å²) in [5.41, 5.74) is 5.55. The highest BCUT2D eigenvalue weighted by molar-refractivity contribution is 7.93. The fourth-order valence-electron chi connectivity index (χ4n) is 1.23. The Labute approximate surface area is 122 Å². The molecule has 1 rings (SSSR count). The number of nitrogens with one attached hydrogen (secondary N) is 1. The van der Waals surface area contributed by atoms with Crippen molar-refractivity contribution in [3.63, 3.8) is 0 Å². The quantitative estimate of drug-likeness (QED) is 0.548. The normalized spacial score (nSPS) is 10.7. The summed E-state index contributed by atoms with van der Waals surface area (Å²) >= 11 is 4.67. The number of ether oxygens (including phenoxy) is 2. The van der Waals surface area contributed by atoms with E-state index in [0.29, 0.717) is 5.75 Å². The van der Waals surface area contributed by atoms with Crippen molar-refractivity contribution in [2.45, 2.75) is 0 Å². The molecule has 9 heteroatoms. The van der Waals surface area contributed by atoms with E-state index in [9.17, 15) is 13.2 Å². The lowest BCUT2D eigenvalue weighted by Crippen LogP contribution is -2.23. The predicted octanol–water partition coefficient (Wildman–Crippen LogP) is 0.266. The topological polar surface area (TPSA) is 108 Å². The number of carbonyl (C=O) groups is 1. The molecule has 0 saturated heterocycles. The molecule has 110 valence electrons. The van der Waals surface area contributed by atoms with Gasteiger partial charge < -0.3 is 15.2 Å². The second-order valence-electron chi connectivity index (χ2n) is 3.72. The van der Waals surface area contributed by atoms with E-state index in [1.165, 1.54) is 12.1 Å². The molecule has 0 fully saturated rings. The highest BCUT2D eigenvalue weighted by Crippen LogP contribution is 2.18. The standard InChI is InChI=1S/C11H14N2O5S2/c1-17-11(14)7-20(15,16)13-8-3-2-4-9(5-8)18-6-10(12)19/h2-5,13H,6-7H2,1H3,(H2,12,19). The number of esters is 1. The van der Waals surface area contributed by atoms with Gasteiger partial charge in [-0.05, 0) is 12.1 Å². The molecule has 0 unspecified atom stereocenters. The van der Waals surface area contributed by atoms with Crippen LogP contribution in [0.3, 0.4) is 0 Å². The molecule has 0 aromatic heterocycles. The Kier molecular flexibility index (Phi) is 5.71. The van der Waals surface area contributed by atoms with Gasteiger partial charge in [-0.15, -0.1) is 0 Å². The van der Waals surface area contributed by atoms with Crippen LogP contribution in [0.15, 0.2) is 24.3 Å². The van der Waals surface area contributed by atoms with Crippen molar-refractivity contribution in [3.8, 4) is 5.75 Å². The molecular formula is C11H14N2O5S2. The molecule has 0 aliphatic heterocycles. The zero-order valence-electron chi connectivity index (χ0n) is 10.7. The number of sulfonamides is 1. The molecule has 0 radical (unpaired) electrons. The highest BCUT2D eigenvalue weighted by Gasteiger charge is 2.17. The van der Waals surface area contributed by atoms with E-state index in [4.69, 9.17) is 10.5 Å². The van der Waals surface area contributed by atoms with Crippen molar-refractivity contribution in [1.82, 2.24) is 0 Å². The Balaban J connectivity index is 2.75. The Hall–Kier alpha value is -1.87. The number of thiocarbonyl (C=S) groups is 1. The van der Waals surface area contributed by atoms with E-state index in [2.05, 4.69) is 21.7 Å². The third-order valence-corrected chi connectivity index (χ3v) is 3.30. The fraction of sp³-hybridized carbons (Fsp3) is 0.273. The first-order valence-electron chi connectivity index (χ1n) is 5.41. The lowest BCUT2D eigenvalue weighted by Gasteiger charge is -2.09. The highest BCUT2D eigenvalue weighted by atomic mass is 32.2. The van der Waals surface area contributed by atoms with Crippen LogP contribution < -0.4 is 15.2 Å². The van der Waals surface area contributed by atoms with Gasteiger partial charge in [-0.2, -0.15) is 0 Å². The number of carbonyl (C=O) groups excluding carboxylic acids is 1. The van der Waals surface area contributed by atoms with Crippen LogP contribution in [0.1, 0.15) is 0 Å². The lowest BCUT2D eigenvalue weighted by molar-refractivity contribution is -0.137. The van der Waals surface area contributed by atoms with Gasteiger partial charge >= 0.3 is 5.97 Å². The maximum Gasteiger partial charge on any atom is 0.322 e. The molecule has 1 aromatic rings. The summed E-state index contributed by atoms with van der Waals surface area (Å²) in [6, 6.07) is 6.18. The van der Waals surface area contributed by atoms with Crippen LogP contribution in [0.2, 0.25) is 0 Å². The molecule has 20 heavy (non-hydrogen) atoms. The zero-order valence-corrected chi connectivity index (χ0v) is 12.3. The van der Waals surface area contributed by atoms with Crippen molar-refractivity contribution in [3.05, 3.63) is 24.3 Å². The Morgan fingerprint density at radius 2 is 2.15 bits per heavy atom. The first-order valence-corrected chi connectivity index (χ1v) is 7.47. The van der Waals surface area contributed by atoms with Gasteiger partial charge in [-0.25, -0.2) is 8.42 Å². The third kappa shape index (κ3) is 5.85. The van der Waals surface area contributed by atoms with Crippen LogP contribution in [-0.2, 0) is 19.6 Å². The van der Waals surface area contributed by atoms with Gasteiger partial charge in [0.1, 0.15) is 17.3 Å². The summed E-state index contributed by atoms with van der Waals surface area (Å²) in [6.45, 7) is 0.0493. The number of rotatable bonds is 7. The molecule has 0 atom stereocenters. The van der Waals surface area contributed by atoms with E-state index >= 15 is 0 Å². The molecule has 0 amide bonds. The summed E-state index contributed by atoms with van der Waals surface area (Å²) in [5, 5.41) is 0. The largest absolute Gasteiger partial charge is 0.486 e. The van der Waals surface area contributed by atoms with Gasteiger partial charge in [0.15, 0.2) is 5.75 Å². The van der Waals surface area contributed by atoms with E-state index in [1.807, 2.05) is 0 Å². The minimum Gasteiger partial charge on any atom is -0.486 e. The monoisotopic (exact) mass is 318 g/mol. The van der Waals surface area contributed by atoms with E-state index in [-0.39, 0.29) is 17.3 Å². The van der Waals surface area contributed by atoms with Gasteiger partial charge in [0.25, 0.3) is 0 Å². The number of hydrogen-bond acceptors (Lipinski definition) is 6. The average molecular weight is 318 g/mol. The third-order valence-electron chi connectivity index (χ3n) is 2.02. The first kappa shape index (κ1) is 16.2. The van der Waals surface area contributed by atoms with Crippen LogP contribution in [0.5, 0.6) is 5.75 Å². The maximum absolute atomic E-state index is 11.7. The molecule has 0 aliphatic carbocycles. The average Bonchev–Trinajstić information content (AvgIpc) is 2.35. The molecule has 0 bridgehead atoms. The zero-order chi connectivity index (χ0) is 15.2. The van der Waals surface area contributed by atoms with E-state index in [0.717, 1.165) is 7.11 Å². The molecule has 3 N–H and O–H groups in total. The van der Waals surface area contributed by atoms with Crippen molar-refractivity contribution in [2.75, 3.05) is 24.2 Å². The molecule has 1 aromatic carbocycles. The Bertz CT molecular complexity index is 601. The SMILES string of the molecule is COC(=O)CS(=O)(=O)Nc1cccc(OCC(N)=S)c1.